The lowest BCUT2D eigenvalue weighted by Crippen LogP contribution is -2.07. The van der Waals surface area contributed by atoms with Crippen molar-refractivity contribution in [2.24, 2.45) is 0 Å². The zero-order chi connectivity index (χ0) is 11.5. The number of rotatable bonds is 4. The van der Waals surface area contributed by atoms with E-state index in [2.05, 4.69) is 4.98 Å². The number of anilines is 1. The summed E-state index contributed by atoms with van der Waals surface area (Å²) in [5.74, 6) is 1.22. The van der Waals surface area contributed by atoms with Crippen LogP contribution in [0.3, 0.4) is 0 Å². The van der Waals surface area contributed by atoms with E-state index in [0.717, 1.165) is 16.8 Å². The number of methoxy groups -OCH3 is 2. The van der Waals surface area contributed by atoms with Gasteiger partial charge < -0.3 is 19.8 Å². The van der Waals surface area contributed by atoms with Gasteiger partial charge in [-0.2, -0.15) is 0 Å². The molecule has 2 rings (SSSR count). The van der Waals surface area contributed by atoms with Gasteiger partial charge in [0.1, 0.15) is 11.3 Å². The van der Waals surface area contributed by atoms with Crippen molar-refractivity contribution in [1.29, 1.82) is 0 Å². The van der Waals surface area contributed by atoms with E-state index < -0.39 is 0 Å². The summed E-state index contributed by atoms with van der Waals surface area (Å²) in [7, 11) is 3.29. The maximum Gasteiger partial charge on any atom is 0.201 e. The van der Waals surface area contributed by atoms with Crippen LogP contribution in [0.15, 0.2) is 18.2 Å². The summed E-state index contributed by atoms with van der Waals surface area (Å²) in [6.07, 6.45) is 0. The summed E-state index contributed by atoms with van der Waals surface area (Å²) in [6, 6.07) is 5.76. The van der Waals surface area contributed by atoms with Crippen molar-refractivity contribution < 1.29 is 9.47 Å². The van der Waals surface area contributed by atoms with Gasteiger partial charge >= 0.3 is 0 Å². The number of benzene rings is 1. The Morgan fingerprint density at radius 3 is 2.88 bits per heavy atom. The quantitative estimate of drug-likeness (QED) is 0.844. The number of imidazole rings is 1. The molecule has 0 aliphatic heterocycles. The van der Waals surface area contributed by atoms with Crippen LogP contribution in [-0.4, -0.2) is 30.4 Å². The van der Waals surface area contributed by atoms with Crippen molar-refractivity contribution in [2.45, 2.75) is 6.54 Å². The summed E-state index contributed by atoms with van der Waals surface area (Å²) in [5, 5.41) is 0. The lowest BCUT2D eigenvalue weighted by molar-refractivity contribution is 0.189. The summed E-state index contributed by atoms with van der Waals surface area (Å²) in [5.41, 5.74) is 7.62. The molecule has 0 saturated carbocycles. The van der Waals surface area contributed by atoms with Gasteiger partial charge in [-0.1, -0.05) is 6.07 Å². The van der Waals surface area contributed by atoms with E-state index in [4.69, 9.17) is 15.2 Å². The van der Waals surface area contributed by atoms with Crippen molar-refractivity contribution in [2.75, 3.05) is 26.6 Å². The largest absolute Gasteiger partial charge is 0.494 e. The SMILES string of the molecule is COCCn1c(N)nc2c(OC)cccc21. The number of fused-ring (bicyclic) bond motifs is 1. The number of hydrogen-bond acceptors (Lipinski definition) is 4. The van der Waals surface area contributed by atoms with Crippen LogP contribution in [0.25, 0.3) is 11.0 Å². The third kappa shape index (κ3) is 1.69. The predicted octanol–water partition coefficient (Wildman–Crippen LogP) is 1.27. The first-order valence-corrected chi connectivity index (χ1v) is 5.05. The predicted molar refractivity (Wildman–Crippen MR) is 62.6 cm³/mol. The molecule has 1 aromatic carbocycles. The number of nitrogens with zero attached hydrogens (tertiary/aromatic N) is 2. The maximum atomic E-state index is 5.86. The Morgan fingerprint density at radius 1 is 1.38 bits per heavy atom. The third-order valence-corrected chi connectivity index (χ3v) is 2.51. The molecule has 0 aliphatic carbocycles. The van der Waals surface area contributed by atoms with Crippen LogP contribution in [0.5, 0.6) is 5.75 Å². The summed E-state index contributed by atoms with van der Waals surface area (Å²) >= 11 is 0. The Labute approximate surface area is 93.8 Å². The third-order valence-electron chi connectivity index (χ3n) is 2.51. The Bertz CT molecular complexity index is 493. The first kappa shape index (κ1) is 10.8. The topological polar surface area (TPSA) is 62.3 Å². The van der Waals surface area contributed by atoms with Crippen LogP contribution in [0.1, 0.15) is 0 Å². The van der Waals surface area contributed by atoms with Crippen LogP contribution >= 0.6 is 0 Å². The molecule has 1 heterocycles. The fraction of sp³-hybridized carbons (Fsp3) is 0.364. The standard InChI is InChI=1S/C11H15N3O2/c1-15-7-6-14-8-4-3-5-9(16-2)10(8)13-11(14)12/h3-5H,6-7H2,1-2H3,(H2,12,13). The van der Waals surface area contributed by atoms with E-state index in [1.54, 1.807) is 14.2 Å². The number of ether oxygens (including phenoxy) is 2. The van der Waals surface area contributed by atoms with Gasteiger partial charge in [0.15, 0.2) is 0 Å². The van der Waals surface area contributed by atoms with E-state index in [-0.39, 0.29) is 0 Å². The number of aromatic nitrogens is 2. The smallest absolute Gasteiger partial charge is 0.201 e. The van der Waals surface area contributed by atoms with Gasteiger partial charge in [0.05, 0.1) is 19.2 Å². The molecule has 5 nitrogen and oxygen atoms in total. The zero-order valence-corrected chi connectivity index (χ0v) is 9.43. The molecular weight excluding hydrogens is 206 g/mol. The number of nitrogens with two attached hydrogens (primary N) is 1. The molecule has 2 N–H and O–H groups in total. The van der Waals surface area contributed by atoms with Gasteiger partial charge in [-0.3, -0.25) is 0 Å². The van der Waals surface area contributed by atoms with Crippen molar-refractivity contribution in [1.82, 2.24) is 9.55 Å². The summed E-state index contributed by atoms with van der Waals surface area (Å²) in [4.78, 5) is 4.30. The van der Waals surface area contributed by atoms with Crippen molar-refractivity contribution in [3.05, 3.63) is 18.2 Å². The van der Waals surface area contributed by atoms with Crippen LogP contribution in [0.2, 0.25) is 0 Å². The zero-order valence-electron chi connectivity index (χ0n) is 9.43. The molecule has 0 spiro atoms. The maximum absolute atomic E-state index is 5.86. The monoisotopic (exact) mass is 221 g/mol. The van der Waals surface area contributed by atoms with Gasteiger partial charge in [0.2, 0.25) is 5.95 Å². The molecule has 86 valence electrons. The fourth-order valence-corrected chi connectivity index (χ4v) is 1.72. The molecule has 1 aromatic heterocycles. The number of hydrogen-bond donors (Lipinski definition) is 1. The molecule has 2 aromatic rings. The van der Waals surface area contributed by atoms with Gasteiger partial charge in [-0.25, -0.2) is 4.98 Å². The number of nitrogen functional groups attached to an aromatic ring is 1. The Balaban J connectivity index is 2.52. The highest BCUT2D eigenvalue weighted by Crippen LogP contribution is 2.26. The Morgan fingerprint density at radius 2 is 2.19 bits per heavy atom. The van der Waals surface area contributed by atoms with Gasteiger partial charge in [0.25, 0.3) is 0 Å². The van der Waals surface area contributed by atoms with Crippen LogP contribution in [-0.2, 0) is 11.3 Å². The van der Waals surface area contributed by atoms with E-state index >= 15 is 0 Å². The highest BCUT2D eigenvalue weighted by Gasteiger charge is 2.11. The molecule has 0 atom stereocenters. The normalized spacial score (nSPS) is 10.9. The average molecular weight is 221 g/mol. The molecule has 0 fully saturated rings. The highest BCUT2D eigenvalue weighted by atomic mass is 16.5. The minimum atomic E-state index is 0.483. The van der Waals surface area contributed by atoms with E-state index in [1.165, 1.54) is 0 Å². The Hall–Kier alpha value is -1.75. The molecule has 0 bridgehead atoms. The second-order valence-corrected chi connectivity index (χ2v) is 3.44. The van der Waals surface area contributed by atoms with Crippen molar-refractivity contribution in [3.63, 3.8) is 0 Å². The minimum Gasteiger partial charge on any atom is -0.494 e. The molecular formula is C11H15N3O2. The first-order valence-electron chi connectivity index (χ1n) is 5.05. The first-order chi connectivity index (χ1) is 7.77. The average Bonchev–Trinajstić information content (AvgIpc) is 2.62. The molecule has 0 saturated heterocycles. The van der Waals surface area contributed by atoms with Gasteiger partial charge in [-0.15, -0.1) is 0 Å². The van der Waals surface area contributed by atoms with E-state index in [9.17, 15) is 0 Å². The van der Waals surface area contributed by atoms with Crippen molar-refractivity contribution in [3.8, 4) is 5.75 Å². The second-order valence-electron chi connectivity index (χ2n) is 3.44. The van der Waals surface area contributed by atoms with Gasteiger partial charge in [0, 0.05) is 13.7 Å². The second kappa shape index (κ2) is 4.40. The van der Waals surface area contributed by atoms with Crippen LogP contribution < -0.4 is 10.5 Å². The molecule has 16 heavy (non-hydrogen) atoms. The highest BCUT2D eigenvalue weighted by molar-refractivity contribution is 5.84. The van der Waals surface area contributed by atoms with Crippen LogP contribution in [0.4, 0.5) is 5.95 Å². The molecule has 0 unspecified atom stereocenters. The Kier molecular flexibility index (Phi) is 2.96. The fourth-order valence-electron chi connectivity index (χ4n) is 1.72. The van der Waals surface area contributed by atoms with E-state index in [1.807, 2.05) is 22.8 Å². The lowest BCUT2D eigenvalue weighted by Gasteiger charge is -2.05. The molecule has 0 amide bonds. The van der Waals surface area contributed by atoms with E-state index in [0.29, 0.717) is 19.1 Å². The lowest BCUT2D eigenvalue weighted by atomic mass is 10.3. The van der Waals surface area contributed by atoms with Gasteiger partial charge in [-0.05, 0) is 12.1 Å². The summed E-state index contributed by atoms with van der Waals surface area (Å²) < 4.78 is 12.2. The van der Waals surface area contributed by atoms with Crippen molar-refractivity contribution >= 4 is 17.0 Å². The minimum absolute atomic E-state index is 0.483. The van der Waals surface area contributed by atoms with Crippen LogP contribution in [0, 0.1) is 0 Å². The molecule has 0 radical (unpaired) electrons. The molecule has 0 aliphatic rings. The number of para-hydroxylation sites is 1. The summed E-state index contributed by atoms with van der Waals surface area (Å²) in [6.45, 7) is 1.29. The molecule has 5 heteroatoms.